The monoisotopic (exact) mass is 263 g/mol. The molecule has 0 bridgehead atoms. The van der Waals surface area contributed by atoms with Crippen molar-refractivity contribution < 1.29 is 14.3 Å². The lowest BCUT2D eigenvalue weighted by molar-refractivity contribution is -0.0164. The van der Waals surface area contributed by atoms with E-state index in [-0.39, 0.29) is 5.78 Å². The van der Waals surface area contributed by atoms with Gasteiger partial charge in [0.05, 0.1) is 12.8 Å². The van der Waals surface area contributed by atoms with Crippen molar-refractivity contribution in [1.29, 1.82) is 0 Å². The van der Waals surface area contributed by atoms with Crippen LogP contribution in [0.5, 0.6) is 5.75 Å². The molecule has 2 rings (SSSR count). The zero-order valence-electron chi connectivity index (χ0n) is 11.6. The maximum absolute atomic E-state index is 12.7. The van der Waals surface area contributed by atoms with Crippen molar-refractivity contribution in [2.24, 2.45) is 0 Å². The molecule has 0 N–H and O–H groups in total. The van der Waals surface area contributed by atoms with Gasteiger partial charge in [-0.2, -0.15) is 0 Å². The SMILES string of the molecule is CCOc1cncc(C(=O)C2(OCC)CCCC2)c1. The van der Waals surface area contributed by atoms with Gasteiger partial charge in [0.15, 0.2) is 5.78 Å². The third-order valence-corrected chi connectivity index (χ3v) is 3.53. The molecule has 0 aliphatic heterocycles. The van der Waals surface area contributed by atoms with Gasteiger partial charge in [-0.15, -0.1) is 0 Å². The lowest BCUT2D eigenvalue weighted by Gasteiger charge is -2.27. The zero-order chi connectivity index (χ0) is 13.7. The Morgan fingerprint density at radius 3 is 2.63 bits per heavy atom. The van der Waals surface area contributed by atoms with Gasteiger partial charge in [0, 0.05) is 18.4 Å². The largest absolute Gasteiger partial charge is 0.492 e. The highest BCUT2D eigenvalue weighted by atomic mass is 16.5. The van der Waals surface area contributed by atoms with Gasteiger partial charge in [0.2, 0.25) is 0 Å². The lowest BCUT2D eigenvalue weighted by atomic mass is 9.91. The Kier molecular flexibility index (Phi) is 4.53. The summed E-state index contributed by atoms with van der Waals surface area (Å²) in [6.07, 6.45) is 6.93. The van der Waals surface area contributed by atoms with Crippen LogP contribution in [0, 0.1) is 0 Å². The highest BCUT2D eigenvalue weighted by Gasteiger charge is 2.42. The fourth-order valence-electron chi connectivity index (χ4n) is 2.71. The van der Waals surface area contributed by atoms with Crippen LogP contribution in [0.4, 0.5) is 0 Å². The predicted molar refractivity (Wildman–Crippen MR) is 72.6 cm³/mol. The first-order valence-corrected chi connectivity index (χ1v) is 6.98. The van der Waals surface area contributed by atoms with Crippen LogP contribution in [-0.2, 0) is 4.74 Å². The summed E-state index contributed by atoms with van der Waals surface area (Å²) in [5, 5.41) is 0. The maximum Gasteiger partial charge on any atom is 0.196 e. The van der Waals surface area contributed by atoms with E-state index in [1.807, 2.05) is 13.8 Å². The van der Waals surface area contributed by atoms with Crippen LogP contribution in [0.25, 0.3) is 0 Å². The molecule has 0 unspecified atom stereocenters. The number of hydrogen-bond acceptors (Lipinski definition) is 4. The van der Waals surface area contributed by atoms with Gasteiger partial charge in [-0.1, -0.05) is 0 Å². The van der Waals surface area contributed by atoms with Crippen molar-refractivity contribution in [1.82, 2.24) is 4.98 Å². The first-order valence-electron chi connectivity index (χ1n) is 6.98. The van der Waals surface area contributed by atoms with Gasteiger partial charge in [-0.25, -0.2) is 0 Å². The summed E-state index contributed by atoms with van der Waals surface area (Å²) in [7, 11) is 0. The van der Waals surface area contributed by atoms with E-state index in [9.17, 15) is 4.79 Å². The molecule has 1 aromatic rings. The molecule has 0 spiro atoms. The van der Waals surface area contributed by atoms with Crippen LogP contribution in [0.2, 0.25) is 0 Å². The second-order valence-electron chi connectivity index (χ2n) is 4.81. The molecule has 1 aliphatic rings. The number of pyridine rings is 1. The van der Waals surface area contributed by atoms with E-state index >= 15 is 0 Å². The number of carbonyl (C=O) groups excluding carboxylic acids is 1. The lowest BCUT2D eigenvalue weighted by Crippen LogP contribution is -2.39. The van der Waals surface area contributed by atoms with E-state index in [0.717, 1.165) is 25.7 Å². The molecule has 0 atom stereocenters. The average Bonchev–Trinajstić information content (AvgIpc) is 2.89. The van der Waals surface area contributed by atoms with Gasteiger partial charge in [-0.05, 0) is 45.6 Å². The summed E-state index contributed by atoms with van der Waals surface area (Å²) >= 11 is 0. The van der Waals surface area contributed by atoms with Crippen LogP contribution >= 0.6 is 0 Å². The van der Waals surface area contributed by atoms with Crippen LogP contribution in [0.1, 0.15) is 49.9 Å². The Morgan fingerprint density at radius 2 is 2.00 bits per heavy atom. The number of aromatic nitrogens is 1. The van der Waals surface area contributed by atoms with Crippen molar-refractivity contribution in [3.05, 3.63) is 24.0 Å². The van der Waals surface area contributed by atoms with E-state index in [4.69, 9.17) is 9.47 Å². The number of hydrogen-bond donors (Lipinski definition) is 0. The normalized spacial score (nSPS) is 17.4. The quantitative estimate of drug-likeness (QED) is 0.740. The van der Waals surface area contributed by atoms with Gasteiger partial charge in [-0.3, -0.25) is 9.78 Å². The van der Waals surface area contributed by atoms with Gasteiger partial charge in [0.25, 0.3) is 0 Å². The molecule has 0 radical (unpaired) electrons. The van der Waals surface area contributed by atoms with Crippen LogP contribution < -0.4 is 4.74 Å². The number of carbonyl (C=O) groups is 1. The molecule has 4 heteroatoms. The third-order valence-electron chi connectivity index (χ3n) is 3.53. The topological polar surface area (TPSA) is 48.4 Å². The zero-order valence-corrected chi connectivity index (χ0v) is 11.6. The Hall–Kier alpha value is -1.42. The Bertz CT molecular complexity index is 439. The molecule has 104 valence electrons. The van der Waals surface area contributed by atoms with Crippen molar-refractivity contribution in [3.8, 4) is 5.75 Å². The number of ether oxygens (including phenoxy) is 2. The molecule has 1 aliphatic carbocycles. The molecular formula is C15H21NO3. The highest BCUT2D eigenvalue weighted by Crippen LogP contribution is 2.36. The standard InChI is InChI=1S/C15H21NO3/c1-3-18-13-9-12(10-16-11-13)14(17)15(19-4-2)7-5-6-8-15/h9-11H,3-8H2,1-2H3. The van der Waals surface area contributed by atoms with Crippen molar-refractivity contribution in [3.63, 3.8) is 0 Å². The number of rotatable bonds is 6. The minimum atomic E-state index is -0.638. The second-order valence-corrected chi connectivity index (χ2v) is 4.81. The van der Waals surface area contributed by atoms with E-state index in [1.54, 1.807) is 18.5 Å². The molecule has 0 aromatic carbocycles. The maximum atomic E-state index is 12.7. The predicted octanol–water partition coefficient (Wildman–Crippen LogP) is 3.01. The molecule has 4 nitrogen and oxygen atoms in total. The minimum absolute atomic E-state index is 0.0425. The van der Waals surface area contributed by atoms with Crippen LogP contribution in [-0.4, -0.2) is 29.6 Å². The van der Waals surface area contributed by atoms with E-state index < -0.39 is 5.60 Å². The number of ketones is 1. The summed E-state index contributed by atoms with van der Waals surface area (Å²) in [5.41, 5.74) is -0.0531. The molecular weight excluding hydrogens is 242 g/mol. The number of Topliss-reactive ketones (excluding diaryl/α,β-unsaturated/α-hetero) is 1. The fraction of sp³-hybridized carbons (Fsp3) is 0.600. The summed E-state index contributed by atoms with van der Waals surface area (Å²) < 4.78 is 11.2. The Labute approximate surface area is 114 Å². The molecule has 1 heterocycles. The summed E-state index contributed by atoms with van der Waals surface area (Å²) in [6, 6.07) is 1.76. The molecule has 0 amide bonds. The molecule has 0 saturated heterocycles. The molecule has 19 heavy (non-hydrogen) atoms. The van der Waals surface area contributed by atoms with Gasteiger partial charge < -0.3 is 9.47 Å². The summed E-state index contributed by atoms with van der Waals surface area (Å²) in [5.74, 6) is 0.680. The smallest absolute Gasteiger partial charge is 0.196 e. The highest BCUT2D eigenvalue weighted by molar-refractivity contribution is 6.02. The minimum Gasteiger partial charge on any atom is -0.492 e. The third kappa shape index (κ3) is 2.95. The molecule has 1 saturated carbocycles. The first-order chi connectivity index (χ1) is 9.22. The van der Waals surface area contributed by atoms with E-state index in [1.165, 1.54) is 0 Å². The average molecular weight is 263 g/mol. The van der Waals surface area contributed by atoms with Crippen molar-refractivity contribution >= 4 is 5.78 Å². The van der Waals surface area contributed by atoms with Crippen molar-refractivity contribution in [2.75, 3.05) is 13.2 Å². The van der Waals surface area contributed by atoms with E-state index in [0.29, 0.717) is 24.5 Å². The Balaban J connectivity index is 2.24. The summed E-state index contributed by atoms with van der Waals surface area (Å²) in [4.78, 5) is 16.8. The Morgan fingerprint density at radius 1 is 1.26 bits per heavy atom. The summed E-state index contributed by atoms with van der Waals surface area (Å²) in [6.45, 7) is 4.97. The fourth-order valence-corrected chi connectivity index (χ4v) is 2.71. The van der Waals surface area contributed by atoms with E-state index in [2.05, 4.69) is 4.98 Å². The number of nitrogens with zero attached hydrogens (tertiary/aromatic N) is 1. The van der Waals surface area contributed by atoms with Gasteiger partial charge >= 0.3 is 0 Å². The van der Waals surface area contributed by atoms with Crippen molar-refractivity contribution in [2.45, 2.75) is 45.1 Å². The van der Waals surface area contributed by atoms with Crippen LogP contribution in [0.3, 0.4) is 0 Å². The second kappa shape index (κ2) is 6.15. The molecule has 1 aromatic heterocycles. The van der Waals surface area contributed by atoms with Gasteiger partial charge in [0.1, 0.15) is 11.4 Å². The van der Waals surface area contributed by atoms with Crippen LogP contribution in [0.15, 0.2) is 18.5 Å². The first kappa shape index (κ1) is 14.0. The molecule has 1 fully saturated rings.